The molecule has 1 aromatic carbocycles. The summed E-state index contributed by atoms with van der Waals surface area (Å²) in [5.41, 5.74) is 1.76. The number of hydrogen-bond donors (Lipinski definition) is 1. The molecule has 1 N–H and O–H groups in total. The number of carbonyl (C=O) groups is 1. The highest BCUT2D eigenvalue weighted by atomic mass is 16.5. The van der Waals surface area contributed by atoms with Crippen LogP contribution in [0.1, 0.15) is 5.56 Å². The Balaban J connectivity index is 1.93. The summed E-state index contributed by atoms with van der Waals surface area (Å²) in [5.74, 6) is 0.755. The molecule has 2 aromatic rings. The Hall–Kier alpha value is -2.36. The van der Waals surface area contributed by atoms with Gasteiger partial charge in [-0.15, -0.1) is 0 Å². The van der Waals surface area contributed by atoms with E-state index in [1.807, 2.05) is 24.3 Å². The van der Waals surface area contributed by atoms with E-state index in [4.69, 9.17) is 4.74 Å². The van der Waals surface area contributed by atoms with Crippen molar-refractivity contribution in [3.05, 3.63) is 54.4 Å². The van der Waals surface area contributed by atoms with Gasteiger partial charge in [0.1, 0.15) is 12.4 Å². The van der Waals surface area contributed by atoms with Crippen LogP contribution in [-0.4, -0.2) is 11.4 Å². The monoisotopic (exact) mass is 228 g/mol. The zero-order valence-electron chi connectivity index (χ0n) is 9.17. The van der Waals surface area contributed by atoms with Crippen molar-refractivity contribution in [3.63, 3.8) is 0 Å². The van der Waals surface area contributed by atoms with E-state index in [0.717, 1.165) is 17.0 Å². The summed E-state index contributed by atoms with van der Waals surface area (Å²) in [6.07, 6.45) is 4.14. The second kappa shape index (κ2) is 5.65. The molecule has 0 aliphatic carbocycles. The topological polar surface area (TPSA) is 51.2 Å². The standard InChI is InChI=1S/C13H12N2O2/c16-10-15-12-3-5-13(6-4-12)17-9-11-2-1-7-14-8-11/h1-8,10H,9H2,(H,15,16). The maximum absolute atomic E-state index is 10.2. The van der Waals surface area contributed by atoms with E-state index in [-0.39, 0.29) is 0 Å². The molecule has 86 valence electrons. The Morgan fingerprint density at radius 1 is 1.24 bits per heavy atom. The van der Waals surface area contributed by atoms with Gasteiger partial charge in [-0.2, -0.15) is 0 Å². The van der Waals surface area contributed by atoms with Gasteiger partial charge in [-0.3, -0.25) is 9.78 Å². The van der Waals surface area contributed by atoms with Crippen LogP contribution in [0.3, 0.4) is 0 Å². The van der Waals surface area contributed by atoms with Crippen molar-refractivity contribution in [2.75, 3.05) is 5.32 Å². The Kier molecular flexibility index (Phi) is 3.70. The predicted molar refractivity (Wildman–Crippen MR) is 64.7 cm³/mol. The van der Waals surface area contributed by atoms with E-state index in [0.29, 0.717) is 13.0 Å². The van der Waals surface area contributed by atoms with Crippen LogP contribution < -0.4 is 10.1 Å². The zero-order valence-corrected chi connectivity index (χ0v) is 9.17. The Bertz CT molecular complexity index is 469. The number of anilines is 1. The first-order chi connectivity index (χ1) is 8.38. The average molecular weight is 228 g/mol. The van der Waals surface area contributed by atoms with Gasteiger partial charge in [0, 0.05) is 23.6 Å². The molecule has 2 rings (SSSR count). The molecule has 0 aliphatic rings. The summed E-state index contributed by atoms with van der Waals surface area (Å²) < 4.78 is 5.57. The highest BCUT2D eigenvalue weighted by molar-refractivity contribution is 5.71. The minimum absolute atomic E-state index is 0.480. The maximum atomic E-state index is 10.2. The zero-order chi connectivity index (χ0) is 11.9. The molecule has 1 heterocycles. The highest BCUT2D eigenvalue weighted by Crippen LogP contribution is 2.16. The second-order valence-electron chi connectivity index (χ2n) is 3.44. The summed E-state index contributed by atoms with van der Waals surface area (Å²) in [6.45, 7) is 0.480. The highest BCUT2D eigenvalue weighted by Gasteiger charge is 1.96. The van der Waals surface area contributed by atoms with Crippen LogP contribution in [0, 0.1) is 0 Å². The van der Waals surface area contributed by atoms with Crippen LogP contribution in [-0.2, 0) is 11.4 Å². The van der Waals surface area contributed by atoms with Gasteiger partial charge in [-0.05, 0) is 30.3 Å². The van der Waals surface area contributed by atoms with Gasteiger partial charge in [0.2, 0.25) is 6.41 Å². The fraction of sp³-hybridized carbons (Fsp3) is 0.0769. The quantitative estimate of drug-likeness (QED) is 0.798. The number of nitrogens with zero attached hydrogens (tertiary/aromatic N) is 1. The Morgan fingerprint density at radius 3 is 2.71 bits per heavy atom. The first kappa shape index (κ1) is 11.1. The van der Waals surface area contributed by atoms with Crippen LogP contribution in [0.15, 0.2) is 48.8 Å². The van der Waals surface area contributed by atoms with Crippen molar-refractivity contribution in [3.8, 4) is 5.75 Å². The molecule has 0 aliphatic heterocycles. The third-order valence-electron chi connectivity index (χ3n) is 2.21. The molecule has 0 bridgehead atoms. The van der Waals surface area contributed by atoms with Crippen LogP contribution >= 0.6 is 0 Å². The van der Waals surface area contributed by atoms with Crippen LogP contribution in [0.5, 0.6) is 5.75 Å². The number of pyridine rings is 1. The van der Waals surface area contributed by atoms with E-state index in [1.165, 1.54) is 0 Å². The van der Waals surface area contributed by atoms with Gasteiger partial charge in [0.15, 0.2) is 0 Å². The third kappa shape index (κ3) is 3.31. The van der Waals surface area contributed by atoms with E-state index in [2.05, 4.69) is 10.3 Å². The summed E-state index contributed by atoms with van der Waals surface area (Å²) in [5, 5.41) is 2.56. The first-order valence-corrected chi connectivity index (χ1v) is 5.20. The van der Waals surface area contributed by atoms with E-state index >= 15 is 0 Å². The summed E-state index contributed by atoms with van der Waals surface area (Å²) in [4.78, 5) is 14.2. The maximum Gasteiger partial charge on any atom is 0.211 e. The normalized spacial score (nSPS) is 9.65. The molecule has 0 spiro atoms. The van der Waals surface area contributed by atoms with Gasteiger partial charge in [-0.1, -0.05) is 6.07 Å². The Morgan fingerprint density at radius 2 is 2.06 bits per heavy atom. The third-order valence-corrected chi connectivity index (χ3v) is 2.21. The summed E-state index contributed by atoms with van der Waals surface area (Å²) >= 11 is 0. The minimum Gasteiger partial charge on any atom is -0.489 e. The van der Waals surface area contributed by atoms with E-state index in [9.17, 15) is 4.79 Å². The van der Waals surface area contributed by atoms with Crippen molar-refractivity contribution in [1.82, 2.24) is 4.98 Å². The van der Waals surface area contributed by atoms with E-state index in [1.54, 1.807) is 24.5 Å². The van der Waals surface area contributed by atoms with Crippen molar-refractivity contribution in [1.29, 1.82) is 0 Å². The number of aromatic nitrogens is 1. The predicted octanol–water partition coefficient (Wildman–Crippen LogP) is 2.23. The Labute approximate surface area is 99.3 Å². The molecule has 17 heavy (non-hydrogen) atoms. The van der Waals surface area contributed by atoms with Gasteiger partial charge < -0.3 is 10.1 Å². The lowest BCUT2D eigenvalue weighted by atomic mass is 10.3. The first-order valence-electron chi connectivity index (χ1n) is 5.20. The molecule has 1 amide bonds. The van der Waals surface area contributed by atoms with Gasteiger partial charge in [-0.25, -0.2) is 0 Å². The number of hydrogen-bond acceptors (Lipinski definition) is 3. The molecule has 0 saturated heterocycles. The molecule has 0 saturated carbocycles. The average Bonchev–Trinajstić information content (AvgIpc) is 2.40. The van der Waals surface area contributed by atoms with Crippen LogP contribution in [0.2, 0.25) is 0 Å². The number of carbonyl (C=O) groups excluding carboxylic acids is 1. The van der Waals surface area contributed by atoms with Crippen molar-refractivity contribution in [2.45, 2.75) is 6.61 Å². The van der Waals surface area contributed by atoms with Gasteiger partial charge >= 0.3 is 0 Å². The lowest BCUT2D eigenvalue weighted by Gasteiger charge is -2.06. The minimum atomic E-state index is 0.480. The molecule has 0 atom stereocenters. The number of rotatable bonds is 5. The van der Waals surface area contributed by atoms with E-state index < -0.39 is 0 Å². The number of amides is 1. The van der Waals surface area contributed by atoms with Crippen molar-refractivity contribution in [2.24, 2.45) is 0 Å². The lowest BCUT2D eigenvalue weighted by molar-refractivity contribution is -0.105. The molecule has 1 aromatic heterocycles. The molecular formula is C13H12N2O2. The fourth-order valence-corrected chi connectivity index (χ4v) is 1.37. The number of benzene rings is 1. The molecular weight excluding hydrogens is 216 g/mol. The molecule has 0 fully saturated rings. The van der Waals surface area contributed by atoms with Crippen LogP contribution in [0.4, 0.5) is 5.69 Å². The summed E-state index contributed by atoms with van der Waals surface area (Å²) in [6, 6.07) is 11.0. The van der Waals surface area contributed by atoms with Crippen molar-refractivity contribution >= 4 is 12.1 Å². The molecule has 4 nitrogen and oxygen atoms in total. The van der Waals surface area contributed by atoms with Crippen molar-refractivity contribution < 1.29 is 9.53 Å². The van der Waals surface area contributed by atoms with Gasteiger partial charge in [0.05, 0.1) is 0 Å². The molecule has 0 radical (unpaired) electrons. The number of ether oxygens (including phenoxy) is 1. The smallest absolute Gasteiger partial charge is 0.211 e. The van der Waals surface area contributed by atoms with Crippen LogP contribution in [0.25, 0.3) is 0 Å². The fourth-order valence-electron chi connectivity index (χ4n) is 1.37. The SMILES string of the molecule is O=CNc1ccc(OCc2cccnc2)cc1. The number of nitrogens with one attached hydrogen (secondary N) is 1. The molecule has 4 heteroatoms. The lowest BCUT2D eigenvalue weighted by Crippen LogP contribution is -1.96. The summed E-state index contributed by atoms with van der Waals surface area (Å²) in [7, 11) is 0. The van der Waals surface area contributed by atoms with Gasteiger partial charge in [0.25, 0.3) is 0 Å². The second-order valence-corrected chi connectivity index (χ2v) is 3.44. The molecule has 0 unspecified atom stereocenters. The largest absolute Gasteiger partial charge is 0.489 e.